The van der Waals surface area contributed by atoms with Crippen LogP contribution in [0.25, 0.3) is 0 Å². The van der Waals surface area contributed by atoms with Gasteiger partial charge in [-0.2, -0.15) is 13.2 Å². The molecule has 1 aromatic carbocycles. The summed E-state index contributed by atoms with van der Waals surface area (Å²) in [6.07, 6.45) is -1.17. The number of halogens is 3. The fraction of sp³-hybridized carbons (Fsp3) is 0.267. The quantitative estimate of drug-likeness (QED) is 0.941. The number of aromatic nitrogens is 1. The molecule has 0 amide bonds. The van der Waals surface area contributed by atoms with Gasteiger partial charge in [0.05, 0.1) is 12.2 Å². The zero-order valence-electron chi connectivity index (χ0n) is 11.4. The van der Waals surface area contributed by atoms with E-state index in [0.29, 0.717) is 12.2 Å². The smallest absolute Gasteiger partial charge is 0.392 e. The van der Waals surface area contributed by atoms with E-state index < -0.39 is 18.3 Å². The Labute approximate surface area is 120 Å². The minimum absolute atomic E-state index is 0.124. The molecule has 0 atom stereocenters. The summed E-state index contributed by atoms with van der Waals surface area (Å²) >= 11 is 0. The SMILES string of the molecule is CN(Cc1cccnc1)c1ccc(CO)c(C(F)(F)F)c1. The van der Waals surface area contributed by atoms with E-state index >= 15 is 0 Å². The summed E-state index contributed by atoms with van der Waals surface area (Å²) in [6, 6.07) is 7.56. The summed E-state index contributed by atoms with van der Waals surface area (Å²) < 4.78 is 38.9. The minimum Gasteiger partial charge on any atom is -0.392 e. The Bertz CT molecular complexity index is 600. The van der Waals surface area contributed by atoms with Crippen molar-refractivity contribution < 1.29 is 18.3 Å². The van der Waals surface area contributed by atoms with Crippen LogP contribution in [0, 0.1) is 0 Å². The van der Waals surface area contributed by atoms with Crippen LogP contribution in [-0.4, -0.2) is 17.1 Å². The van der Waals surface area contributed by atoms with E-state index in [0.717, 1.165) is 11.6 Å². The normalized spacial score (nSPS) is 11.5. The van der Waals surface area contributed by atoms with Crippen LogP contribution in [0.3, 0.4) is 0 Å². The fourth-order valence-electron chi connectivity index (χ4n) is 2.06. The average Bonchev–Trinajstić information content (AvgIpc) is 2.46. The van der Waals surface area contributed by atoms with Crippen LogP contribution < -0.4 is 4.90 Å². The molecule has 0 fully saturated rings. The number of aliphatic hydroxyl groups is 1. The first-order valence-corrected chi connectivity index (χ1v) is 6.33. The molecule has 1 aromatic heterocycles. The van der Waals surface area contributed by atoms with Gasteiger partial charge < -0.3 is 10.0 Å². The maximum Gasteiger partial charge on any atom is 0.416 e. The molecule has 0 saturated heterocycles. The Morgan fingerprint density at radius 1 is 1.24 bits per heavy atom. The number of anilines is 1. The van der Waals surface area contributed by atoms with Crippen LogP contribution in [0.15, 0.2) is 42.7 Å². The number of aliphatic hydroxyl groups excluding tert-OH is 1. The molecular weight excluding hydrogens is 281 g/mol. The first kappa shape index (κ1) is 15.3. The minimum atomic E-state index is -4.48. The average molecular weight is 296 g/mol. The third-order valence-electron chi connectivity index (χ3n) is 3.15. The van der Waals surface area contributed by atoms with Gasteiger partial charge in [-0.1, -0.05) is 12.1 Å². The molecule has 21 heavy (non-hydrogen) atoms. The molecule has 3 nitrogen and oxygen atoms in total. The molecule has 1 N–H and O–H groups in total. The van der Waals surface area contributed by atoms with Crippen LogP contribution in [0.5, 0.6) is 0 Å². The largest absolute Gasteiger partial charge is 0.416 e. The van der Waals surface area contributed by atoms with E-state index in [2.05, 4.69) is 4.98 Å². The molecule has 0 aliphatic carbocycles. The maximum absolute atomic E-state index is 13.0. The summed E-state index contributed by atoms with van der Waals surface area (Å²) in [5.74, 6) is 0. The van der Waals surface area contributed by atoms with Gasteiger partial charge in [-0.05, 0) is 29.3 Å². The van der Waals surface area contributed by atoms with Crippen molar-refractivity contribution in [3.63, 3.8) is 0 Å². The summed E-state index contributed by atoms with van der Waals surface area (Å²) in [4.78, 5) is 5.68. The Kier molecular flexibility index (Phi) is 4.47. The van der Waals surface area contributed by atoms with E-state index in [4.69, 9.17) is 5.11 Å². The molecule has 2 aromatic rings. The van der Waals surface area contributed by atoms with Crippen molar-refractivity contribution in [1.82, 2.24) is 4.98 Å². The highest BCUT2D eigenvalue weighted by Crippen LogP contribution is 2.34. The van der Waals surface area contributed by atoms with Crippen LogP contribution in [0.4, 0.5) is 18.9 Å². The van der Waals surface area contributed by atoms with E-state index in [1.807, 2.05) is 6.07 Å². The van der Waals surface area contributed by atoms with Gasteiger partial charge in [-0.3, -0.25) is 4.98 Å². The van der Waals surface area contributed by atoms with Crippen LogP contribution >= 0.6 is 0 Å². The molecule has 0 bridgehead atoms. The lowest BCUT2D eigenvalue weighted by atomic mass is 10.1. The topological polar surface area (TPSA) is 36.4 Å². The van der Waals surface area contributed by atoms with Crippen molar-refractivity contribution >= 4 is 5.69 Å². The van der Waals surface area contributed by atoms with Crippen molar-refractivity contribution in [3.8, 4) is 0 Å². The number of alkyl halides is 3. The summed E-state index contributed by atoms with van der Waals surface area (Å²) in [7, 11) is 1.71. The molecule has 6 heteroatoms. The summed E-state index contributed by atoms with van der Waals surface area (Å²) in [5, 5.41) is 9.02. The molecule has 0 aliphatic rings. The van der Waals surface area contributed by atoms with Crippen molar-refractivity contribution in [1.29, 1.82) is 0 Å². The number of rotatable bonds is 4. The highest BCUT2D eigenvalue weighted by Gasteiger charge is 2.33. The second kappa shape index (κ2) is 6.13. The first-order valence-electron chi connectivity index (χ1n) is 6.33. The van der Waals surface area contributed by atoms with E-state index in [1.165, 1.54) is 6.07 Å². The molecule has 0 spiro atoms. The van der Waals surface area contributed by atoms with Gasteiger partial charge >= 0.3 is 6.18 Å². The van der Waals surface area contributed by atoms with Crippen LogP contribution in [0.2, 0.25) is 0 Å². The van der Waals surface area contributed by atoms with Gasteiger partial charge in [0, 0.05) is 31.7 Å². The van der Waals surface area contributed by atoms with E-state index in [9.17, 15) is 13.2 Å². The van der Waals surface area contributed by atoms with E-state index in [-0.39, 0.29) is 5.56 Å². The van der Waals surface area contributed by atoms with Crippen LogP contribution in [-0.2, 0) is 19.3 Å². The predicted octanol–water partition coefficient (Wildman–Crippen LogP) is 3.23. The molecule has 0 aliphatic heterocycles. The zero-order valence-corrected chi connectivity index (χ0v) is 11.4. The predicted molar refractivity (Wildman–Crippen MR) is 73.7 cm³/mol. The molecule has 112 valence electrons. The second-order valence-corrected chi connectivity index (χ2v) is 4.71. The van der Waals surface area contributed by atoms with E-state index in [1.54, 1.807) is 36.5 Å². The molecule has 0 saturated carbocycles. The lowest BCUT2D eigenvalue weighted by Gasteiger charge is -2.21. The standard InChI is InChI=1S/C15H15F3N2O/c1-20(9-11-3-2-6-19-8-11)13-5-4-12(10-21)14(7-13)15(16,17)18/h2-8,21H,9-10H2,1H3. The molecule has 1 heterocycles. The van der Waals surface area contributed by atoms with Gasteiger partial charge in [0.25, 0.3) is 0 Å². The lowest BCUT2D eigenvalue weighted by Crippen LogP contribution is -2.18. The summed E-state index contributed by atoms with van der Waals surface area (Å²) in [6.45, 7) is -0.189. The van der Waals surface area contributed by atoms with Crippen molar-refractivity contribution in [2.24, 2.45) is 0 Å². The number of nitrogens with zero attached hydrogens (tertiary/aromatic N) is 2. The number of hydrogen-bond donors (Lipinski definition) is 1. The number of pyridine rings is 1. The monoisotopic (exact) mass is 296 g/mol. The molecule has 0 radical (unpaired) electrons. The lowest BCUT2D eigenvalue weighted by molar-refractivity contribution is -0.138. The molecule has 2 rings (SSSR count). The van der Waals surface area contributed by atoms with Gasteiger partial charge in [0.1, 0.15) is 0 Å². The van der Waals surface area contributed by atoms with Crippen molar-refractivity contribution in [2.45, 2.75) is 19.3 Å². The number of hydrogen-bond acceptors (Lipinski definition) is 3. The Morgan fingerprint density at radius 2 is 2.00 bits per heavy atom. The second-order valence-electron chi connectivity index (χ2n) is 4.71. The zero-order chi connectivity index (χ0) is 15.5. The Hall–Kier alpha value is -2.08. The van der Waals surface area contributed by atoms with Gasteiger partial charge in [0.15, 0.2) is 0 Å². The van der Waals surface area contributed by atoms with Gasteiger partial charge in [0.2, 0.25) is 0 Å². The first-order chi connectivity index (χ1) is 9.91. The number of benzene rings is 1. The molecule has 0 unspecified atom stereocenters. The third kappa shape index (κ3) is 3.72. The Balaban J connectivity index is 2.28. The summed E-state index contributed by atoms with van der Waals surface area (Å²) in [5.41, 5.74) is 0.407. The van der Waals surface area contributed by atoms with Crippen molar-refractivity contribution in [3.05, 3.63) is 59.4 Å². The van der Waals surface area contributed by atoms with Gasteiger partial charge in [-0.15, -0.1) is 0 Å². The maximum atomic E-state index is 13.0. The van der Waals surface area contributed by atoms with Crippen molar-refractivity contribution in [2.75, 3.05) is 11.9 Å². The highest BCUT2D eigenvalue weighted by atomic mass is 19.4. The highest BCUT2D eigenvalue weighted by molar-refractivity contribution is 5.51. The fourth-order valence-corrected chi connectivity index (χ4v) is 2.06. The Morgan fingerprint density at radius 3 is 2.57 bits per heavy atom. The van der Waals surface area contributed by atoms with Gasteiger partial charge in [-0.25, -0.2) is 0 Å². The molecular formula is C15H15F3N2O. The van der Waals surface area contributed by atoms with Crippen LogP contribution in [0.1, 0.15) is 16.7 Å². The third-order valence-corrected chi connectivity index (χ3v) is 3.15.